The van der Waals surface area contributed by atoms with Gasteiger partial charge in [0.25, 0.3) is 0 Å². The van der Waals surface area contributed by atoms with E-state index in [1.807, 2.05) is 74.7 Å². The van der Waals surface area contributed by atoms with Crippen molar-refractivity contribution in [1.82, 2.24) is 10.2 Å². The molecule has 2 aromatic carbocycles. The van der Waals surface area contributed by atoms with Gasteiger partial charge < -0.3 is 10.1 Å². The van der Waals surface area contributed by atoms with Crippen LogP contribution in [0.2, 0.25) is 0 Å². The van der Waals surface area contributed by atoms with Gasteiger partial charge in [0.2, 0.25) is 0 Å². The summed E-state index contributed by atoms with van der Waals surface area (Å²) < 4.78 is 5.48. The van der Waals surface area contributed by atoms with Gasteiger partial charge in [-0.3, -0.25) is 4.90 Å². The number of hydrogen-bond acceptors (Lipinski definition) is 3. The van der Waals surface area contributed by atoms with E-state index in [2.05, 4.69) is 17.4 Å². The van der Waals surface area contributed by atoms with E-state index in [-0.39, 0.29) is 18.7 Å². The van der Waals surface area contributed by atoms with Crippen molar-refractivity contribution in [3.8, 4) is 0 Å². The Morgan fingerprint density at radius 1 is 1.00 bits per heavy atom. The maximum Gasteiger partial charge on any atom is 0.418 e. The number of carbonyl (C=O) groups excluding carboxylic acids is 1. The third-order valence-corrected chi connectivity index (χ3v) is 4.13. The Labute approximate surface area is 148 Å². The number of ether oxygens (including phenoxy) is 1. The summed E-state index contributed by atoms with van der Waals surface area (Å²) in [6.45, 7) is 4.07. The van der Waals surface area contributed by atoms with Gasteiger partial charge in [0.05, 0.1) is 6.04 Å². The average Bonchev–Trinajstić information content (AvgIpc) is 2.79. The van der Waals surface area contributed by atoms with Gasteiger partial charge in [-0.2, -0.15) is 0 Å². The molecule has 0 spiro atoms. The van der Waals surface area contributed by atoms with Crippen molar-refractivity contribution in [2.75, 3.05) is 0 Å². The molecule has 0 aromatic heterocycles. The van der Waals surface area contributed by atoms with Gasteiger partial charge in [0.1, 0.15) is 6.61 Å². The lowest BCUT2D eigenvalue weighted by atomic mass is 10.1. The van der Waals surface area contributed by atoms with E-state index in [0.29, 0.717) is 0 Å². The van der Waals surface area contributed by atoms with Crippen molar-refractivity contribution in [3.05, 3.63) is 95.5 Å². The van der Waals surface area contributed by atoms with E-state index in [9.17, 15) is 4.79 Å². The highest BCUT2D eigenvalue weighted by atomic mass is 16.6. The molecule has 1 N–H and O–H groups in total. The fourth-order valence-corrected chi connectivity index (χ4v) is 2.84. The monoisotopic (exact) mass is 334 g/mol. The van der Waals surface area contributed by atoms with Gasteiger partial charge in [-0.05, 0) is 31.1 Å². The molecule has 0 saturated carbocycles. The Kier molecular flexibility index (Phi) is 5.19. The van der Waals surface area contributed by atoms with Crippen LogP contribution in [0.4, 0.5) is 4.79 Å². The molecule has 1 heterocycles. The van der Waals surface area contributed by atoms with Crippen LogP contribution < -0.4 is 5.32 Å². The molecular formula is C21H22N2O2. The number of rotatable bonds is 3. The predicted molar refractivity (Wildman–Crippen MR) is 98.3 cm³/mol. The first-order valence-electron chi connectivity index (χ1n) is 8.32. The molecule has 4 heteroatoms. The molecule has 1 atom stereocenters. The zero-order valence-corrected chi connectivity index (χ0v) is 14.5. The predicted octanol–water partition coefficient (Wildman–Crippen LogP) is 4.73. The van der Waals surface area contributed by atoms with Crippen molar-refractivity contribution in [2.24, 2.45) is 0 Å². The lowest BCUT2D eigenvalue weighted by Gasteiger charge is -2.22. The first kappa shape index (κ1) is 16.8. The van der Waals surface area contributed by atoms with Crippen LogP contribution in [-0.2, 0) is 11.3 Å². The van der Waals surface area contributed by atoms with Crippen molar-refractivity contribution < 1.29 is 9.53 Å². The minimum absolute atomic E-state index is 0.0167. The van der Waals surface area contributed by atoms with Gasteiger partial charge in [0, 0.05) is 17.6 Å². The van der Waals surface area contributed by atoms with Crippen LogP contribution in [0, 0.1) is 0 Å². The molecule has 0 saturated heterocycles. The maximum absolute atomic E-state index is 12.6. The minimum atomic E-state index is -0.373. The van der Waals surface area contributed by atoms with E-state index >= 15 is 0 Å². The molecule has 1 unspecified atom stereocenters. The molecule has 4 nitrogen and oxygen atoms in total. The van der Waals surface area contributed by atoms with Gasteiger partial charge >= 0.3 is 6.09 Å². The van der Waals surface area contributed by atoms with Crippen LogP contribution in [0.25, 0.3) is 0 Å². The molecule has 1 aliphatic rings. The molecule has 25 heavy (non-hydrogen) atoms. The second kappa shape index (κ2) is 7.71. The fraction of sp³-hybridized carbons (Fsp3) is 0.190. The molecule has 1 aliphatic heterocycles. The highest BCUT2D eigenvalue weighted by Crippen LogP contribution is 2.24. The van der Waals surface area contributed by atoms with Gasteiger partial charge in [-0.15, -0.1) is 0 Å². The summed E-state index contributed by atoms with van der Waals surface area (Å²) in [5.41, 5.74) is 3.75. The molecule has 3 rings (SSSR count). The molecule has 0 radical (unpaired) electrons. The molecule has 2 aromatic rings. The van der Waals surface area contributed by atoms with E-state index in [1.54, 1.807) is 4.90 Å². The van der Waals surface area contributed by atoms with Crippen LogP contribution in [0.15, 0.2) is 84.3 Å². The van der Waals surface area contributed by atoms with Crippen molar-refractivity contribution >= 4 is 6.09 Å². The summed E-state index contributed by atoms with van der Waals surface area (Å²) in [5.74, 6) is 0. The molecule has 0 aliphatic carbocycles. The van der Waals surface area contributed by atoms with Crippen LogP contribution in [-0.4, -0.2) is 11.0 Å². The van der Waals surface area contributed by atoms with E-state index < -0.39 is 0 Å². The lowest BCUT2D eigenvalue weighted by molar-refractivity contribution is 0.115. The standard InChI is InChI=1S/C21H22N2O2/c1-16-13-20(19-11-7-4-8-12-19)22-14-17(2)23(16)21(24)25-15-18-9-5-3-6-10-18/h3-14,20,22H,15H2,1-2H3. The zero-order chi connectivity index (χ0) is 17.6. The van der Waals surface area contributed by atoms with Gasteiger partial charge in [0.15, 0.2) is 0 Å². The maximum atomic E-state index is 12.6. The van der Waals surface area contributed by atoms with E-state index in [4.69, 9.17) is 4.74 Å². The first-order valence-corrected chi connectivity index (χ1v) is 8.32. The number of nitrogens with zero attached hydrogens (tertiary/aromatic N) is 1. The largest absolute Gasteiger partial charge is 0.444 e. The lowest BCUT2D eigenvalue weighted by Crippen LogP contribution is -2.28. The summed E-state index contributed by atoms with van der Waals surface area (Å²) in [4.78, 5) is 14.2. The molecule has 0 fully saturated rings. The highest BCUT2D eigenvalue weighted by Gasteiger charge is 2.23. The third kappa shape index (κ3) is 4.10. The summed E-state index contributed by atoms with van der Waals surface area (Å²) in [7, 11) is 0. The Balaban J connectivity index is 1.75. The SMILES string of the molecule is CC1=CNC(c2ccccc2)C=C(C)N1C(=O)OCc1ccccc1. The number of amides is 1. The summed E-state index contributed by atoms with van der Waals surface area (Å²) >= 11 is 0. The Morgan fingerprint density at radius 3 is 2.32 bits per heavy atom. The molecule has 1 amide bonds. The average molecular weight is 334 g/mol. The van der Waals surface area contributed by atoms with Gasteiger partial charge in [-0.25, -0.2) is 4.79 Å². The molecule has 128 valence electrons. The van der Waals surface area contributed by atoms with Crippen LogP contribution in [0.5, 0.6) is 0 Å². The van der Waals surface area contributed by atoms with Crippen LogP contribution in [0.3, 0.4) is 0 Å². The third-order valence-electron chi connectivity index (χ3n) is 4.13. The Bertz CT molecular complexity index is 782. The van der Waals surface area contributed by atoms with E-state index in [1.165, 1.54) is 0 Å². The van der Waals surface area contributed by atoms with Crippen molar-refractivity contribution in [3.63, 3.8) is 0 Å². The van der Waals surface area contributed by atoms with Gasteiger partial charge in [-0.1, -0.05) is 60.7 Å². The quantitative estimate of drug-likeness (QED) is 0.882. The normalized spacial score (nSPS) is 17.0. The number of nitrogens with one attached hydrogen (secondary N) is 1. The van der Waals surface area contributed by atoms with Crippen LogP contribution >= 0.6 is 0 Å². The second-order valence-corrected chi connectivity index (χ2v) is 6.02. The number of carbonyl (C=O) groups is 1. The summed E-state index contributed by atoms with van der Waals surface area (Å²) in [6.07, 6.45) is 3.52. The van der Waals surface area contributed by atoms with Crippen molar-refractivity contribution in [1.29, 1.82) is 0 Å². The summed E-state index contributed by atoms with van der Waals surface area (Å²) in [5, 5.41) is 3.35. The zero-order valence-electron chi connectivity index (χ0n) is 14.5. The summed E-state index contributed by atoms with van der Waals surface area (Å²) in [6, 6.07) is 19.8. The first-order chi connectivity index (χ1) is 12.1. The van der Waals surface area contributed by atoms with Crippen molar-refractivity contribution in [2.45, 2.75) is 26.5 Å². The fourth-order valence-electron chi connectivity index (χ4n) is 2.84. The topological polar surface area (TPSA) is 41.6 Å². The minimum Gasteiger partial charge on any atom is -0.444 e. The highest BCUT2D eigenvalue weighted by molar-refractivity contribution is 5.72. The second-order valence-electron chi connectivity index (χ2n) is 6.02. The Hall–Kier alpha value is -3.01. The molecule has 0 bridgehead atoms. The Morgan fingerprint density at radius 2 is 1.64 bits per heavy atom. The number of hydrogen-bond donors (Lipinski definition) is 1. The van der Waals surface area contributed by atoms with Crippen LogP contribution in [0.1, 0.15) is 31.0 Å². The number of allylic oxidation sites excluding steroid dienone is 2. The van der Waals surface area contributed by atoms with E-state index in [0.717, 1.165) is 22.5 Å². The number of benzene rings is 2. The molecular weight excluding hydrogens is 312 g/mol. The smallest absolute Gasteiger partial charge is 0.418 e.